The van der Waals surface area contributed by atoms with Gasteiger partial charge in [-0.3, -0.25) is 14.5 Å². The van der Waals surface area contributed by atoms with Gasteiger partial charge in [0.25, 0.3) is 0 Å². The van der Waals surface area contributed by atoms with E-state index in [0.29, 0.717) is 29.9 Å². The van der Waals surface area contributed by atoms with Gasteiger partial charge in [-0.05, 0) is 25.0 Å². The Morgan fingerprint density at radius 1 is 1.32 bits per heavy atom. The summed E-state index contributed by atoms with van der Waals surface area (Å²) in [6.07, 6.45) is 2.49. The topological polar surface area (TPSA) is 82.8 Å². The van der Waals surface area contributed by atoms with Crippen molar-refractivity contribution in [2.75, 3.05) is 4.90 Å². The number of hydrogen-bond donors (Lipinski definition) is 1. The lowest BCUT2D eigenvalue weighted by Crippen LogP contribution is -2.19. The molecule has 2 amide bonds. The first kappa shape index (κ1) is 14.8. The van der Waals surface area contributed by atoms with Crippen LogP contribution in [-0.2, 0) is 9.59 Å². The van der Waals surface area contributed by atoms with Gasteiger partial charge in [0.2, 0.25) is 12.8 Å². The molecule has 1 aromatic rings. The van der Waals surface area contributed by atoms with Gasteiger partial charge in [0, 0.05) is 6.07 Å². The zero-order chi connectivity index (χ0) is 14.3. The molecular formula is C13H17N3O3. The van der Waals surface area contributed by atoms with E-state index < -0.39 is 0 Å². The molecule has 102 valence electrons. The van der Waals surface area contributed by atoms with Crippen LogP contribution in [0.15, 0.2) is 23.3 Å². The van der Waals surface area contributed by atoms with E-state index in [1.54, 1.807) is 6.07 Å². The molecule has 0 bridgehead atoms. The fourth-order valence-electron chi connectivity index (χ4n) is 1.63. The Hall–Kier alpha value is -2.24. The minimum absolute atomic E-state index is 0.0108. The minimum Gasteiger partial charge on any atom is -0.488 e. The molecule has 0 heterocycles. The summed E-state index contributed by atoms with van der Waals surface area (Å²) in [7, 11) is 0. The fourth-order valence-corrected chi connectivity index (χ4v) is 1.63. The van der Waals surface area contributed by atoms with Gasteiger partial charge in [0.1, 0.15) is 11.4 Å². The highest BCUT2D eigenvalue weighted by Crippen LogP contribution is 2.33. The van der Waals surface area contributed by atoms with Crippen molar-refractivity contribution >= 4 is 24.2 Å². The number of carbonyl (C=O) groups is 2. The Morgan fingerprint density at radius 3 is 2.42 bits per heavy atom. The highest BCUT2D eigenvalue weighted by Gasteiger charge is 2.12. The van der Waals surface area contributed by atoms with Crippen LogP contribution in [0, 0.1) is 5.53 Å². The number of hydrogen-bond acceptors (Lipinski definition) is 5. The summed E-state index contributed by atoms with van der Waals surface area (Å²) in [5.74, 6) is 0.398. The summed E-state index contributed by atoms with van der Waals surface area (Å²) in [5, 5.41) is 3.37. The van der Waals surface area contributed by atoms with Crippen LogP contribution in [0.2, 0.25) is 0 Å². The molecule has 1 aromatic carbocycles. The van der Waals surface area contributed by atoms with Gasteiger partial charge in [-0.1, -0.05) is 13.8 Å². The van der Waals surface area contributed by atoms with Crippen LogP contribution in [0.4, 0.5) is 11.4 Å². The molecule has 0 atom stereocenters. The second-order valence-corrected chi connectivity index (χ2v) is 3.94. The number of anilines is 1. The van der Waals surface area contributed by atoms with Crippen molar-refractivity contribution in [3.05, 3.63) is 18.2 Å². The monoisotopic (exact) mass is 263 g/mol. The molecule has 6 heteroatoms. The van der Waals surface area contributed by atoms with Crippen molar-refractivity contribution in [1.82, 2.24) is 0 Å². The summed E-state index contributed by atoms with van der Waals surface area (Å²) in [6.45, 7) is 4.00. The average Bonchev–Trinajstić information content (AvgIpc) is 2.46. The zero-order valence-electron chi connectivity index (χ0n) is 11.0. The number of nitrogens with one attached hydrogen (secondary N) is 1. The van der Waals surface area contributed by atoms with E-state index in [1.165, 1.54) is 12.1 Å². The molecular weight excluding hydrogens is 246 g/mol. The van der Waals surface area contributed by atoms with Crippen molar-refractivity contribution in [2.45, 2.75) is 32.8 Å². The lowest BCUT2D eigenvalue weighted by atomic mass is 10.2. The van der Waals surface area contributed by atoms with Crippen LogP contribution in [0.1, 0.15) is 26.7 Å². The van der Waals surface area contributed by atoms with Crippen LogP contribution < -0.4 is 9.64 Å². The van der Waals surface area contributed by atoms with E-state index >= 15 is 0 Å². The third-order valence-corrected chi connectivity index (χ3v) is 2.79. The average molecular weight is 263 g/mol. The summed E-state index contributed by atoms with van der Waals surface area (Å²) < 4.78 is 5.74. The minimum atomic E-state index is 0.0108. The number of amides is 2. The molecule has 0 spiro atoms. The quantitative estimate of drug-likeness (QED) is 0.578. The molecule has 0 fully saturated rings. The first-order valence-corrected chi connectivity index (χ1v) is 6.07. The zero-order valence-corrected chi connectivity index (χ0v) is 11.0. The van der Waals surface area contributed by atoms with Crippen molar-refractivity contribution in [3.8, 4) is 5.75 Å². The fraction of sp³-hybridized carbons (Fsp3) is 0.385. The first-order valence-electron chi connectivity index (χ1n) is 6.07. The van der Waals surface area contributed by atoms with E-state index in [9.17, 15) is 9.59 Å². The summed E-state index contributed by atoms with van der Waals surface area (Å²) in [4.78, 5) is 22.4. The van der Waals surface area contributed by atoms with Crippen molar-refractivity contribution in [1.29, 1.82) is 5.53 Å². The third kappa shape index (κ3) is 3.61. The summed E-state index contributed by atoms with van der Waals surface area (Å²) in [5.41, 5.74) is 7.86. The predicted octanol–water partition coefficient (Wildman–Crippen LogP) is 3.04. The highest BCUT2D eigenvalue weighted by molar-refractivity contribution is 5.95. The third-order valence-electron chi connectivity index (χ3n) is 2.79. The van der Waals surface area contributed by atoms with E-state index in [0.717, 1.165) is 17.7 Å². The molecule has 19 heavy (non-hydrogen) atoms. The Morgan fingerprint density at radius 2 is 1.95 bits per heavy atom. The van der Waals surface area contributed by atoms with E-state index in [2.05, 4.69) is 5.11 Å². The Kier molecular flexibility index (Phi) is 5.66. The molecule has 0 aromatic heterocycles. The van der Waals surface area contributed by atoms with Crippen LogP contribution >= 0.6 is 0 Å². The van der Waals surface area contributed by atoms with Crippen molar-refractivity contribution < 1.29 is 14.3 Å². The maximum Gasteiger partial charge on any atom is 0.220 e. The van der Waals surface area contributed by atoms with Gasteiger partial charge in [-0.25, -0.2) is 5.53 Å². The molecule has 1 rings (SSSR count). The SMILES string of the molecule is CCC(CC)Oc1cc(N(C=O)C=O)ccc1N=N. The molecule has 0 aliphatic heterocycles. The smallest absolute Gasteiger partial charge is 0.220 e. The molecule has 0 radical (unpaired) electrons. The van der Waals surface area contributed by atoms with Gasteiger partial charge in [0.05, 0.1) is 11.8 Å². The van der Waals surface area contributed by atoms with Crippen molar-refractivity contribution in [3.63, 3.8) is 0 Å². The standard InChI is InChI=1S/C13H17N3O3/c1-3-11(4-2)19-13-7-10(16(8-17)9-18)5-6-12(13)15-14/h5-9,11,14H,3-4H2,1-2H3. The molecule has 6 nitrogen and oxygen atoms in total. The number of benzene rings is 1. The highest BCUT2D eigenvalue weighted by atomic mass is 16.5. The molecule has 0 aliphatic rings. The van der Waals surface area contributed by atoms with E-state index in [1.807, 2.05) is 13.8 Å². The lowest BCUT2D eigenvalue weighted by molar-refractivity contribution is -0.113. The number of carbonyl (C=O) groups excluding carboxylic acids is 2. The van der Waals surface area contributed by atoms with Gasteiger partial charge in [0.15, 0.2) is 0 Å². The molecule has 0 saturated heterocycles. The van der Waals surface area contributed by atoms with Gasteiger partial charge in [-0.15, -0.1) is 0 Å². The normalized spacial score (nSPS) is 10.1. The lowest BCUT2D eigenvalue weighted by Gasteiger charge is -2.18. The van der Waals surface area contributed by atoms with E-state index in [4.69, 9.17) is 10.3 Å². The molecule has 0 aliphatic carbocycles. The molecule has 0 saturated carbocycles. The van der Waals surface area contributed by atoms with Crippen LogP contribution in [0.5, 0.6) is 5.75 Å². The van der Waals surface area contributed by atoms with Gasteiger partial charge < -0.3 is 4.74 Å². The Labute approximate surface area is 111 Å². The second kappa shape index (κ2) is 7.25. The Bertz CT molecular complexity index is 450. The second-order valence-electron chi connectivity index (χ2n) is 3.94. The van der Waals surface area contributed by atoms with Gasteiger partial charge in [-0.2, -0.15) is 5.11 Å². The summed E-state index contributed by atoms with van der Waals surface area (Å²) >= 11 is 0. The summed E-state index contributed by atoms with van der Waals surface area (Å²) in [6, 6.07) is 4.62. The molecule has 0 unspecified atom stereocenters. The Balaban J connectivity index is 3.11. The van der Waals surface area contributed by atoms with Crippen LogP contribution in [0.25, 0.3) is 0 Å². The molecule has 1 N–H and O–H groups in total. The van der Waals surface area contributed by atoms with Crippen LogP contribution in [0.3, 0.4) is 0 Å². The van der Waals surface area contributed by atoms with Gasteiger partial charge >= 0.3 is 0 Å². The van der Waals surface area contributed by atoms with Crippen molar-refractivity contribution in [2.24, 2.45) is 5.11 Å². The number of nitrogens with zero attached hydrogens (tertiary/aromatic N) is 2. The number of imide groups is 1. The first-order chi connectivity index (χ1) is 9.19. The maximum absolute atomic E-state index is 10.7. The number of rotatable bonds is 8. The largest absolute Gasteiger partial charge is 0.488 e. The predicted molar refractivity (Wildman–Crippen MR) is 70.9 cm³/mol. The maximum atomic E-state index is 10.7. The van der Waals surface area contributed by atoms with Crippen LogP contribution in [-0.4, -0.2) is 18.9 Å². The van der Waals surface area contributed by atoms with E-state index in [-0.39, 0.29) is 6.10 Å². The number of ether oxygens (including phenoxy) is 1.